The molecule has 0 bridgehead atoms. The first-order chi connectivity index (χ1) is 7.22. The molecule has 0 amide bonds. The molecule has 0 aliphatic heterocycles. The molecule has 80 valence electrons. The Morgan fingerprint density at radius 2 is 1.93 bits per heavy atom. The van der Waals surface area contributed by atoms with E-state index < -0.39 is 5.54 Å². The summed E-state index contributed by atoms with van der Waals surface area (Å²) in [5.74, 6) is -0.311. The molecule has 0 unspecified atom stereocenters. The lowest BCUT2D eigenvalue weighted by atomic mass is 9.97. The summed E-state index contributed by atoms with van der Waals surface area (Å²) in [5.41, 5.74) is 1.51. The second-order valence-electron chi connectivity index (χ2n) is 3.79. The van der Waals surface area contributed by atoms with Gasteiger partial charge in [0.15, 0.2) is 0 Å². The number of benzene rings is 1. The van der Waals surface area contributed by atoms with Crippen molar-refractivity contribution in [1.82, 2.24) is 4.84 Å². The Balaban J connectivity index is 2.33. The summed E-state index contributed by atoms with van der Waals surface area (Å²) in [6, 6.07) is 7.93. The fraction of sp³-hybridized carbons (Fsp3) is 0.364. The number of esters is 1. The van der Waals surface area contributed by atoms with Crippen LogP contribution in [0.2, 0.25) is 0 Å². The molecule has 1 aromatic rings. The zero-order valence-electron chi connectivity index (χ0n) is 8.42. The van der Waals surface area contributed by atoms with E-state index in [1.54, 1.807) is 0 Å². The van der Waals surface area contributed by atoms with Gasteiger partial charge in [-0.25, -0.2) is 9.63 Å². The van der Waals surface area contributed by atoms with Crippen molar-refractivity contribution in [2.45, 2.75) is 18.4 Å². The third-order valence-electron chi connectivity index (χ3n) is 2.86. The van der Waals surface area contributed by atoms with E-state index in [0.29, 0.717) is 12.8 Å². The SMILES string of the molecule is COC(=O)C1(NCl)Cc2ccccc2C1. The van der Waals surface area contributed by atoms with Crippen molar-refractivity contribution in [3.8, 4) is 0 Å². The Labute approximate surface area is 93.5 Å². The van der Waals surface area contributed by atoms with Gasteiger partial charge >= 0.3 is 5.97 Å². The van der Waals surface area contributed by atoms with Crippen LogP contribution < -0.4 is 4.84 Å². The number of fused-ring (bicyclic) bond motifs is 1. The van der Waals surface area contributed by atoms with Crippen molar-refractivity contribution in [3.05, 3.63) is 35.4 Å². The highest BCUT2D eigenvalue weighted by Gasteiger charge is 2.44. The summed E-state index contributed by atoms with van der Waals surface area (Å²) in [6.45, 7) is 0. The quantitative estimate of drug-likeness (QED) is 0.612. The smallest absolute Gasteiger partial charge is 0.327 e. The molecule has 0 aromatic heterocycles. The molecule has 0 fully saturated rings. The van der Waals surface area contributed by atoms with Gasteiger partial charge in [-0.15, -0.1) is 0 Å². The fourth-order valence-electron chi connectivity index (χ4n) is 2.06. The highest BCUT2D eigenvalue weighted by molar-refractivity contribution is 6.15. The Bertz CT molecular complexity index is 367. The lowest BCUT2D eigenvalue weighted by Crippen LogP contribution is -2.49. The van der Waals surface area contributed by atoms with Crippen molar-refractivity contribution < 1.29 is 9.53 Å². The van der Waals surface area contributed by atoms with E-state index in [1.165, 1.54) is 7.11 Å². The van der Waals surface area contributed by atoms with Crippen LogP contribution in [0.3, 0.4) is 0 Å². The molecule has 0 heterocycles. The monoisotopic (exact) mass is 225 g/mol. The maximum Gasteiger partial charge on any atom is 0.327 e. The topological polar surface area (TPSA) is 38.3 Å². The number of carbonyl (C=O) groups excluding carboxylic acids is 1. The lowest BCUT2D eigenvalue weighted by Gasteiger charge is -2.23. The first-order valence-corrected chi connectivity index (χ1v) is 5.13. The Hall–Kier alpha value is -1.06. The van der Waals surface area contributed by atoms with E-state index in [9.17, 15) is 4.79 Å². The average molecular weight is 226 g/mol. The van der Waals surface area contributed by atoms with Crippen molar-refractivity contribution in [2.24, 2.45) is 0 Å². The van der Waals surface area contributed by atoms with Crippen molar-refractivity contribution in [2.75, 3.05) is 7.11 Å². The second-order valence-corrected chi connectivity index (χ2v) is 3.98. The molecule has 4 heteroatoms. The van der Waals surface area contributed by atoms with Gasteiger partial charge in [0.2, 0.25) is 0 Å². The van der Waals surface area contributed by atoms with Crippen molar-refractivity contribution in [1.29, 1.82) is 0 Å². The van der Waals surface area contributed by atoms with Crippen LogP contribution in [-0.2, 0) is 22.4 Å². The molecule has 0 saturated heterocycles. The molecule has 1 aliphatic rings. The van der Waals surface area contributed by atoms with Crippen LogP contribution in [0.5, 0.6) is 0 Å². The number of carbonyl (C=O) groups is 1. The maximum atomic E-state index is 11.7. The van der Waals surface area contributed by atoms with Crippen LogP contribution >= 0.6 is 11.8 Å². The second kappa shape index (κ2) is 3.83. The molecular formula is C11H12ClNO2. The number of rotatable bonds is 2. The molecular weight excluding hydrogens is 214 g/mol. The third-order valence-corrected chi connectivity index (χ3v) is 3.22. The molecule has 1 aliphatic carbocycles. The zero-order chi connectivity index (χ0) is 10.9. The Morgan fingerprint density at radius 3 is 2.33 bits per heavy atom. The van der Waals surface area contributed by atoms with E-state index in [1.807, 2.05) is 24.3 Å². The average Bonchev–Trinajstić information content (AvgIpc) is 2.67. The van der Waals surface area contributed by atoms with E-state index in [2.05, 4.69) is 4.84 Å². The van der Waals surface area contributed by atoms with Crippen LogP contribution in [-0.4, -0.2) is 18.6 Å². The van der Waals surface area contributed by atoms with Gasteiger partial charge in [0.25, 0.3) is 0 Å². The van der Waals surface area contributed by atoms with Gasteiger partial charge in [-0.3, -0.25) is 0 Å². The summed E-state index contributed by atoms with van der Waals surface area (Å²) in [7, 11) is 1.38. The molecule has 15 heavy (non-hydrogen) atoms. The van der Waals surface area contributed by atoms with E-state index in [0.717, 1.165) is 11.1 Å². The third kappa shape index (κ3) is 1.62. The summed E-state index contributed by atoms with van der Waals surface area (Å²) in [4.78, 5) is 14.2. The van der Waals surface area contributed by atoms with Crippen molar-refractivity contribution >= 4 is 17.7 Å². The van der Waals surface area contributed by atoms with Crippen LogP contribution in [0, 0.1) is 0 Å². The maximum absolute atomic E-state index is 11.7. The molecule has 0 saturated carbocycles. The van der Waals surface area contributed by atoms with E-state index in [4.69, 9.17) is 16.5 Å². The first kappa shape index (κ1) is 10.5. The van der Waals surface area contributed by atoms with Gasteiger partial charge in [0.05, 0.1) is 7.11 Å². The van der Waals surface area contributed by atoms with Gasteiger partial charge in [0, 0.05) is 12.8 Å². The molecule has 0 spiro atoms. The van der Waals surface area contributed by atoms with Gasteiger partial charge in [0.1, 0.15) is 5.54 Å². The minimum absolute atomic E-state index is 0.311. The van der Waals surface area contributed by atoms with Crippen molar-refractivity contribution in [3.63, 3.8) is 0 Å². The molecule has 0 atom stereocenters. The largest absolute Gasteiger partial charge is 0.468 e. The molecule has 0 radical (unpaired) electrons. The minimum atomic E-state index is -0.792. The van der Waals surface area contributed by atoms with Crippen LogP contribution in [0.15, 0.2) is 24.3 Å². The molecule has 1 N–H and O–H groups in total. The predicted octanol–water partition coefficient (Wildman–Crippen LogP) is 1.44. The number of nitrogens with one attached hydrogen (secondary N) is 1. The molecule has 1 aromatic carbocycles. The van der Waals surface area contributed by atoms with E-state index in [-0.39, 0.29) is 5.97 Å². The van der Waals surface area contributed by atoms with Crippen LogP contribution in [0.1, 0.15) is 11.1 Å². The van der Waals surface area contributed by atoms with E-state index >= 15 is 0 Å². The summed E-state index contributed by atoms with van der Waals surface area (Å²) in [5, 5.41) is 0. The van der Waals surface area contributed by atoms with Gasteiger partial charge in [-0.05, 0) is 22.9 Å². The van der Waals surface area contributed by atoms with Crippen LogP contribution in [0.25, 0.3) is 0 Å². The standard InChI is InChI=1S/C11H12ClNO2/c1-15-10(14)11(13-12)6-8-4-2-3-5-9(8)7-11/h2-5,13H,6-7H2,1H3. The highest BCUT2D eigenvalue weighted by Crippen LogP contribution is 2.31. The number of halogens is 1. The van der Waals surface area contributed by atoms with Gasteiger partial charge < -0.3 is 4.74 Å². The Kier molecular flexibility index (Phi) is 2.67. The summed E-state index contributed by atoms with van der Waals surface area (Å²) < 4.78 is 4.77. The van der Waals surface area contributed by atoms with Crippen LogP contribution in [0.4, 0.5) is 0 Å². The lowest BCUT2D eigenvalue weighted by molar-refractivity contribution is -0.147. The summed E-state index contributed by atoms with van der Waals surface area (Å²) >= 11 is 5.68. The highest BCUT2D eigenvalue weighted by atomic mass is 35.5. The minimum Gasteiger partial charge on any atom is -0.468 e. The first-order valence-electron chi connectivity index (χ1n) is 4.75. The number of hydrogen-bond acceptors (Lipinski definition) is 3. The number of ether oxygens (including phenoxy) is 1. The number of hydrogen-bond donors (Lipinski definition) is 1. The van der Waals surface area contributed by atoms with Gasteiger partial charge in [-0.1, -0.05) is 24.3 Å². The predicted molar refractivity (Wildman–Crippen MR) is 57.6 cm³/mol. The zero-order valence-corrected chi connectivity index (χ0v) is 9.17. The summed E-state index contributed by atoms with van der Waals surface area (Å²) in [6.07, 6.45) is 1.17. The molecule has 3 nitrogen and oxygen atoms in total. The number of methoxy groups -OCH3 is 1. The fourth-order valence-corrected chi connectivity index (χ4v) is 2.27. The Morgan fingerprint density at radius 1 is 1.40 bits per heavy atom. The molecule has 2 rings (SSSR count). The van der Waals surface area contributed by atoms with Gasteiger partial charge in [-0.2, -0.15) is 0 Å². The normalized spacial score (nSPS) is 17.2.